The van der Waals surface area contributed by atoms with E-state index in [1.165, 1.54) is 62.0 Å². The Balaban J connectivity index is 1.07. The summed E-state index contributed by atoms with van der Waals surface area (Å²) in [5.74, 6) is 1.13. The Hall–Kier alpha value is -2.53. The molecule has 0 atom stereocenters. The van der Waals surface area contributed by atoms with E-state index >= 15 is 0 Å². The number of anilines is 1. The van der Waals surface area contributed by atoms with Gasteiger partial charge in [-0.2, -0.15) is 0 Å². The summed E-state index contributed by atoms with van der Waals surface area (Å²) >= 11 is 0. The summed E-state index contributed by atoms with van der Waals surface area (Å²) in [6, 6.07) is 14.8. The molecule has 2 aromatic carbocycles. The predicted octanol–water partition coefficient (Wildman–Crippen LogP) is 4.78. The summed E-state index contributed by atoms with van der Waals surface area (Å²) in [4.78, 5) is 20.0. The third-order valence-electron chi connectivity index (χ3n) is 7.70. The van der Waals surface area contributed by atoms with E-state index in [2.05, 4.69) is 46.2 Å². The van der Waals surface area contributed by atoms with Crippen molar-refractivity contribution in [3.8, 4) is 5.75 Å². The van der Waals surface area contributed by atoms with Gasteiger partial charge in [-0.25, -0.2) is 0 Å². The van der Waals surface area contributed by atoms with Crippen LogP contribution in [0.15, 0.2) is 42.5 Å². The van der Waals surface area contributed by atoms with Crippen LogP contribution in [0, 0.1) is 0 Å². The molecule has 0 saturated carbocycles. The van der Waals surface area contributed by atoms with Gasteiger partial charge in [-0.3, -0.25) is 4.79 Å². The molecule has 0 spiro atoms. The van der Waals surface area contributed by atoms with Crippen LogP contribution in [-0.4, -0.2) is 68.1 Å². The van der Waals surface area contributed by atoms with Crippen molar-refractivity contribution in [3.63, 3.8) is 0 Å². The maximum Gasteiger partial charge on any atom is 0.253 e. The normalized spacial score (nSPS) is 19.1. The van der Waals surface area contributed by atoms with Crippen molar-refractivity contribution in [1.29, 1.82) is 0 Å². The Morgan fingerprint density at radius 1 is 0.765 bits per heavy atom. The predicted molar refractivity (Wildman–Crippen MR) is 138 cm³/mol. The summed E-state index contributed by atoms with van der Waals surface area (Å²) in [6.07, 6.45) is 9.95. The lowest BCUT2D eigenvalue weighted by Crippen LogP contribution is -2.48. The first-order chi connectivity index (χ1) is 16.8. The number of fused-ring (bicyclic) bond motifs is 1. The topological polar surface area (TPSA) is 36.0 Å². The summed E-state index contributed by atoms with van der Waals surface area (Å²) in [5, 5.41) is 0. The van der Waals surface area contributed by atoms with Gasteiger partial charge in [0.2, 0.25) is 0 Å². The molecule has 0 N–H and O–H groups in total. The van der Waals surface area contributed by atoms with Gasteiger partial charge in [0.25, 0.3) is 5.91 Å². The van der Waals surface area contributed by atoms with E-state index in [1.807, 2.05) is 11.0 Å². The van der Waals surface area contributed by atoms with E-state index in [0.29, 0.717) is 0 Å². The fourth-order valence-electron chi connectivity index (χ4n) is 5.63. The van der Waals surface area contributed by atoms with Gasteiger partial charge < -0.3 is 19.4 Å². The number of hydrogen-bond donors (Lipinski definition) is 0. The van der Waals surface area contributed by atoms with Crippen LogP contribution < -0.4 is 9.64 Å². The zero-order valence-electron chi connectivity index (χ0n) is 20.5. The van der Waals surface area contributed by atoms with Crippen molar-refractivity contribution >= 4 is 11.6 Å². The van der Waals surface area contributed by atoms with Gasteiger partial charge >= 0.3 is 0 Å². The largest absolute Gasteiger partial charge is 0.494 e. The number of carbonyl (C=O) groups excluding carboxylic acids is 1. The van der Waals surface area contributed by atoms with Crippen LogP contribution >= 0.6 is 0 Å². The van der Waals surface area contributed by atoms with Gasteiger partial charge in [-0.05, 0) is 106 Å². The zero-order valence-corrected chi connectivity index (χ0v) is 20.5. The molecule has 2 aromatic rings. The molecule has 2 saturated heterocycles. The molecule has 182 valence electrons. The third kappa shape index (κ3) is 5.75. The average molecular weight is 462 g/mol. The van der Waals surface area contributed by atoms with Crippen molar-refractivity contribution in [2.24, 2.45) is 0 Å². The average Bonchev–Trinajstić information content (AvgIpc) is 2.91. The number of benzene rings is 2. The number of piperazine rings is 1. The van der Waals surface area contributed by atoms with Crippen LogP contribution in [0.2, 0.25) is 0 Å². The SMILES string of the molecule is O=C(c1ccc2c(c1)CCCC2)N1CCN(c2ccc(OCCCN3CCCCC3)cc2)CC1. The van der Waals surface area contributed by atoms with Crippen molar-refractivity contribution in [3.05, 3.63) is 59.2 Å². The van der Waals surface area contributed by atoms with Crippen LogP contribution in [0.4, 0.5) is 5.69 Å². The molecule has 3 aliphatic rings. The van der Waals surface area contributed by atoms with Crippen molar-refractivity contribution in [1.82, 2.24) is 9.80 Å². The molecule has 34 heavy (non-hydrogen) atoms. The molecule has 5 nitrogen and oxygen atoms in total. The monoisotopic (exact) mass is 461 g/mol. The molecule has 0 bridgehead atoms. The van der Waals surface area contributed by atoms with E-state index in [4.69, 9.17) is 4.74 Å². The highest BCUT2D eigenvalue weighted by Gasteiger charge is 2.23. The molecule has 2 aliphatic heterocycles. The molecular weight excluding hydrogens is 422 g/mol. The number of piperidine rings is 1. The molecule has 1 amide bonds. The first-order valence-electron chi connectivity index (χ1n) is 13.4. The van der Waals surface area contributed by atoms with Crippen LogP contribution in [0.5, 0.6) is 5.75 Å². The minimum Gasteiger partial charge on any atom is -0.494 e. The third-order valence-corrected chi connectivity index (χ3v) is 7.70. The first kappa shape index (κ1) is 23.2. The van der Waals surface area contributed by atoms with Gasteiger partial charge in [0.15, 0.2) is 0 Å². The lowest BCUT2D eigenvalue weighted by atomic mass is 9.90. The summed E-state index contributed by atoms with van der Waals surface area (Å²) in [6.45, 7) is 7.70. The molecule has 2 heterocycles. The number of aryl methyl sites for hydroxylation is 2. The van der Waals surface area contributed by atoms with E-state index < -0.39 is 0 Å². The van der Waals surface area contributed by atoms with E-state index in [-0.39, 0.29) is 5.91 Å². The molecule has 0 radical (unpaired) electrons. The van der Waals surface area contributed by atoms with Gasteiger partial charge in [0.05, 0.1) is 6.61 Å². The van der Waals surface area contributed by atoms with E-state index in [0.717, 1.165) is 69.9 Å². The van der Waals surface area contributed by atoms with Gasteiger partial charge in [-0.1, -0.05) is 12.5 Å². The first-order valence-corrected chi connectivity index (χ1v) is 13.4. The fourth-order valence-corrected chi connectivity index (χ4v) is 5.63. The number of rotatable bonds is 7. The number of ether oxygens (including phenoxy) is 1. The Morgan fingerprint density at radius 3 is 2.26 bits per heavy atom. The molecule has 5 heteroatoms. The van der Waals surface area contributed by atoms with Crippen molar-refractivity contribution in [2.45, 2.75) is 51.4 Å². The molecule has 1 aliphatic carbocycles. The molecule has 5 rings (SSSR count). The minimum atomic E-state index is 0.182. The van der Waals surface area contributed by atoms with Gasteiger partial charge in [0.1, 0.15) is 5.75 Å². The maximum atomic E-state index is 13.1. The quantitative estimate of drug-likeness (QED) is 0.556. The number of amides is 1. The second-order valence-corrected chi connectivity index (χ2v) is 10.1. The highest BCUT2D eigenvalue weighted by molar-refractivity contribution is 5.94. The van der Waals surface area contributed by atoms with Gasteiger partial charge in [0, 0.05) is 44.0 Å². The number of nitrogens with zero attached hydrogens (tertiary/aromatic N) is 3. The standard InChI is InChI=1S/C29H39N3O2/c33-29(26-10-9-24-7-2-3-8-25(24)23-26)32-20-18-31(19-21-32)27-11-13-28(14-12-27)34-22-6-17-30-15-4-1-5-16-30/h9-14,23H,1-8,15-22H2. The van der Waals surface area contributed by atoms with Crippen LogP contribution in [0.1, 0.15) is 60.0 Å². The molecule has 2 fully saturated rings. The zero-order chi connectivity index (χ0) is 23.2. The molecular formula is C29H39N3O2. The Kier molecular flexibility index (Phi) is 7.69. The van der Waals surface area contributed by atoms with Crippen molar-refractivity contribution < 1.29 is 9.53 Å². The van der Waals surface area contributed by atoms with Crippen molar-refractivity contribution in [2.75, 3.05) is 57.3 Å². The van der Waals surface area contributed by atoms with E-state index in [9.17, 15) is 4.79 Å². The highest BCUT2D eigenvalue weighted by Crippen LogP contribution is 2.24. The van der Waals surface area contributed by atoms with E-state index in [1.54, 1.807) is 0 Å². The van der Waals surface area contributed by atoms with Crippen LogP contribution in [-0.2, 0) is 12.8 Å². The maximum absolute atomic E-state index is 13.1. The number of carbonyl (C=O) groups is 1. The molecule has 0 aromatic heterocycles. The van der Waals surface area contributed by atoms with Gasteiger partial charge in [-0.15, -0.1) is 0 Å². The second-order valence-electron chi connectivity index (χ2n) is 10.1. The Bertz CT molecular complexity index is 944. The van der Waals surface area contributed by atoms with Crippen LogP contribution in [0.3, 0.4) is 0 Å². The Morgan fingerprint density at radius 2 is 1.50 bits per heavy atom. The minimum absolute atomic E-state index is 0.182. The lowest BCUT2D eigenvalue weighted by Gasteiger charge is -2.36. The molecule has 0 unspecified atom stereocenters. The number of hydrogen-bond acceptors (Lipinski definition) is 4. The summed E-state index contributed by atoms with van der Waals surface area (Å²) in [7, 11) is 0. The summed E-state index contributed by atoms with van der Waals surface area (Å²) in [5.41, 5.74) is 4.88. The lowest BCUT2D eigenvalue weighted by molar-refractivity contribution is 0.0746. The second kappa shape index (κ2) is 11.3. The number of likely N-dealkylation sites (tertiary alicyclic amines) is 1. The van der Waals surface area contributed by atoms with Crippen LogP contribution in [0.25, 0.3) is 0 Å². The summed E-state index contributed by atoms with van der Waals surface area (Å²) < 4.78 is 5.98. The Labute approximate surface area is 204 Å². The fraction of sp³-hybridized carbons (Fsp3) is 0.552. The smallest absolute Gasteiger partial charge is 0.253 e. The highest BCUT2D eigenvalue weighted by atomic mass is 16.5.